The van der Waals surface area contributed by atoms with Crippen molar-refractivity contribution in [3.05, 3.63) is 0 Å². The molecular weight excluding hydrogens is 172 g/mol. The van der Waals surface area contributed by atoms with Gasteiger partial charge in [-0.15, -0.1) is 0 Å². The molecule has 1 nitrogen and oxygen atoms in total. The molecule has 0 unspecified atom stereocenters. The minimum absolute atomic E-state index is 0.0269. The number of aliphatic hydroxyl groups is 1. The number of rotatable bonds is 1. The smallest absolute Gasteiger partial charge is 0.0571 e. The summed E-state index contributed by atoms with van der Waals surface area (Å²) < 4.78 is 0. The van der Waals surface area contributed by atoms with Crippen LogP contribution in [0.15, 0.2) is 0 Å². The fourth-order valence-electron chi connectivity index (χ4n) is 3.56. The molecule has 2 saturated carbocycles. The van der Waals surface area contributed by atoms with Crippen LogP contribution in [0.25, 0.3) is 0 Å². The van der Waals surface area contributed by atoms with E-state index >= 15 is 0 Å². The third kappa shape index (κ3) is 2.31. The summed E-state index contributed by atoms with van der Waals surface area (Å²) in [5.74, 6) is 2.39. The van der Waals surface area contributed by atoms with E-state index in [-0.39, 0.29) is 6.10 Å². The number of hydrogen-bond donors (Lipinski definition) is 1. The molecule has 1 heteroatoms. The first kappa shape index (κ1) is 10.5. The zero-order chi connectivity index (χ0) is 9.97. The standard InChI is InChI=1S/C13H24O/c1-10-5-4-6-11(9-10)12-7-2-3-8-13(12)14/h10-14H,2-9H2,1H3/t10-,11+,12-,13-/m1/s1. The Balaban J connectivity index is 1.91. The van der Waals surface area contributed by atoms with Crippen molar-refractivity contribution in [3.8, 4) is 0 Å². The average Bonchev–Trinajstić information content (AvgIpc) is 2.18. The lowest BCUT2D eigenvalue weighted by molar-refractivity contribution is 0.0194. The second-order valence-electron chi connectivity index (χ2n) is 5.55. The van der Waals surface area contributed by atoms with Gasteiger partial charge in [-0.3, -0.25) is 0 Å². The normalized spacial score (nSPS) is 45.0. The topological polar surface area (TPSA) is 20.2 Å². The molecule has 2 rings (SSSR count). The van der Waals surface area contributed by atoms with Crippen LogP contribution in [0.3, 0.4) is 0 Å². The first-order valence-electron chi connectivity index (χ1n) is 6.45. The van der Waals surface area contributed by atoms with Gasteiger partial charge in [-0.2, -0.15) is 0 Å². The van der Waals surface area contributed by atoms with Crippen LogP contribution in [-0.2, 0) is 0 Å². The quantitative estimate of drug-likeness (QED) is 0.682. The molecule has 0 aromatic carbocycles. The van der Waals surface area contributed by atoms with E-state index in [1.807, 2.05) is 0 Å². The molecule has 2 fully saturated rings. The molecule has 0 aromatic rings. The average molecular weight is 196 g/mol. The second kappa shape index (κ2) is 4.65. The Morgan fingerprint density at radius 1 is 0.929 bits per heavy atom. The Kier molecular flexibility index (Phi) is 3.48. The van der Waals surface area contributed by atoms with E-state index in [0.717, 1.165) is 18.3 Å². The van der Waals surface area contributed by atoms with Gasteiger partial charge in [0, 0.05) is 0 Å². The summed E-state index contributed by atoms with van der Waals surface area (Å²) in [6.07, 6.45) is 10.6. The maximum absolute atomic E-state index is 10.0. The van der Waals surface area contributed by atoms with Crippen LogP contribution in [0.5, 0.6) is 0 Å². The molecule has 2 aliphatic carbocycles. The summed E-state index contributed by atoms with van der Waals surface area (Å²) in [7, 11) is 0. The molecule has 0 aromatic heterocycles. The Morgan fingerprint density at radius 2 is 1.71 bits per heavy atom. The van der Waals surface area contributed by atoms with Crippen LogP contribution in [0, 0.1) is 17.8 Å². The van der Waals surface area contributed by atoms with Crippen LogP contribution in [0.1, 0.15) is 58.3 Å². The third-order valence-electron chi connectivity index (χ3n) is 4.36. The molecule has 0 spiro atoms. The monoisotopic (exact) mass is 196 g/mol. The minimum atomic E-state index is 0.0269. The van der Waals surface area contributed by atoms with Crippen molar-refractivity contribution in [2.45, 2.75) is 64.4 Å². The number of hydrogen-bond acceptors (Lipinski definition) is 1. The van der Waals surface area contributed by atoms with Gasteiger partial charge in [0.05, 0.1) is 6.10 Å². The lowest BCUT2D eigenvalue weighted by Crippen LogP contribution is -2.33. The van der Waals surface area contributed by atoms with Crippen LogP contribution in [0.2, 0.25) is 0 Å². The predicted octanol–water partition coefficient (Wildman–Crippen LogP) is 3.36. The predicted molar refractivity (Wildman–Crippen MR) is 59.1 cm³/mol. The van der Waals surface area contributed by atoms with Gasteiger partial charge in [0.15, 0.2) is 0 Å². The lowest BCUT2D eigenvalue weighted by atomic mass is 9.70. The van der Waals surface area contributed by atoms with E-state index in [2.05, 4.69) is 6.92 Å². The summed E-state index contributed by atoms with van der Waals surface area (Å²) in [4.78, 5) is 0. The summed E-state index contributed by atoms with van der Waals surface area (Å²) >= 11 is 0. The molecule has 82 valence electrons. The van der Waals surface area contributed by atoms with Gasteiger partial charge in [-0.1, -0.05) is 39.0 Å². The zero-order valence-corrected chi connectivity index (χ0v) is 9.41. The first-order chi connectivity index (χ1) is 6.77. The molecular formula is C13H24O. The SMILES string of the molecule is C[C@@H]1CCC[C@H]([C@H]2CCCC[C@H]2O)C1. The van der Waals surface area contributed by atoms with Crippen molar-refractivity contribution in [2.24, 2.45) is 17.8 Å². The van der Waals surface area contributed by atoms with E-state index < -0.39 is 0 Å². The van der Waals surface area contributed by atoms with Crippen LogP contribution >= 0.6 is 0 Å². The van der Waals surface area contributed by atoms with Crippen LogP contribution < -0.4 is 0 Å². The molecule has 2 aliphatic rings. The molecule has 0 amide bonds. The van der Waals surface area contributed by atoms with E-state index in [9.17, 15) is 5.11 Å². The fraction of sp³-hybridized carbons (Fsp3) is 1.00. The van der Waals surface area contributed by atoms with Crippen molar-refractivity contribution in [2.75, 3.05) is 0 Å². The Bertz CT molecular complexity index is 178. The van der Waals surface area contributed by atoms with Crippen LogP contribution in [-0.4, -0.2) is 11.2 Å². The highest BCUT2D eigenvalue weighted by molar-refractivity contribution is 4.83. The van der Waals surface area contributed by atoms with Gasteiger partial charge >= 0.3 is 0 Å². The van der Waals surface area contributed by atoms with Gasteiger partial charge in [-0.05, 0) is 37.0 Å². The van der Waals surface area contributed by atoms with E-state index in [4.69, 9.17) is 0 Å². The fourth-order valence-corrected chi connectivity index (χ4v) is 3.56. The Hall–Kier alpha value is -0.0400. The summed E-state index contributed by atoms with van der Waals surface area (Å²) in [6.45, 7) is 2.38. The highest BCUT2D eigenvalue weighted by Gasteiger charge is 2.32. The van der Waals surface area contributed by atoms with Gasteiger partial charge in [0.2, 0.25) is 0 Å². The Morgan fingerprint density at radius 3 is 2.43 bits per heavy atom. The highest BCUT2D eigenvalue weighted by Crippen LogP contribution is 2.40. The van der Waals surface area contributed by atoms with Crippen molar-refractivity contribution in [1.82, 2.24) is 0 Å². The number of aliphatic hydroxyl groups excluding tert-OH is 1. The molecule has 0 heterocycles. The zero-order valence-electron chi connectivity index (χ0n) is 9.41. The van der Waals surface area contributed by atoms with Crippen molar-refractivity contribution in [1.29, 1.82) is 0 Å². The second-order valence-corrected chi connectivity index (χ2v) is 5.55. The third-order valence-corrected chi connectivity index (χ3v) is 4.36. The van der Waals surface area contributed by atoms with Gasteiger partial charge in [0.1, 0.15) is 0 Å². The van der Waals surface area contributed by atoms with Crippen molar-refractivity contribution in [3.63, 3.8) is 0 Å². The maximum atomic E-state index is 10.0. The van der Waals surface area contributed by atoms with Crippen molar-refractivity contribution >= 4 is 0 Å². The molecule has 4 atom stereocenters. The maximum Gasteiger partial charge on any atom is 0.0571 e. The highest BCUT2D eigenvalue weighted by atomic mass is 16.3. The molecule has 0 radical (unpaired) electrons. The van der Waals surface area contributed by atoms with E-state index in [0.29, 0.717) is 5.92 Å². The molecule has 14 heavy (non-hydrogen) atoms. The van der Waals surface area contributed by atoms with Gasteiger partial charge in [-0.25, -0.2) is 0 Å². The first-order valence-corrected chi connectivity index (χ1v) is 6.45. The Labute approximate surface area is 87.9 Å². The molecule has 0 aliphatic heterocycles. The summed E-state index contributed by atoms with van der Waals surface area (Å²) in [6, 6.07) is 0. The molecule has 0 saturated heterocycles. The largest absolute Gasteiger partial charge is 0.393 e. The summed E-state index contributed by atoms with van der Waals surface area (Å²) in [5.41, 5.74) is 0. The minimum Gasteiger partial charge on any atom is -0.393 e. The van der Waals surface area contributed by atoms with Crippen LogP contribution in [0.4, 0.5) is 0 Å². The van der Waals surface area contributed by atoms with E-state index in [1.165, 1.54) is 44.9 Å². The van der Waals surface area contributed by atoms with Gasteiger partial charge in [0.25, 0.3) is 0 Å². The molecule has 0 bridgehead atoms. The lowest BCUT2D eigenvalue weighted by Gasteiger charge is -2.38. The van der Waals surface area contributed by atoms with Gasteiger partial charge < -0.3 is 5.11 Å². The van der Waals surface area contributed by atoms with Crippen molar-refractivity contribution < 1.29 is 5.11 Å². The summed E-state index contributed by atoms with van der Waals surface area (Å²) in [5, 5.41) is 10.0. The van der Waals surface area contributed by atoms with E-state index in [1.54, 1.807) is 0 Å². The molecule has 1 N–H and O–H groups in total.